The van der Waals surface area contributed by atoms with Gasteiger partial charge in [-0.25, -0.2) is 9.59 Å². The average Bonchev–Trinajstić information content (AvgIpc) is 2.72. The van der Waals surface area contributed by atoms with Gasteiger partial charge in [0.15, 0.2) is 11.9 Å². The first-order valence-electron chi connectivity index (χ1n) is 8.99. The van der Waals surface area contributed by atoms with Crippen LogP contribution in [0, 0.1) is 0 Å². The smallest absolute Gasteiger partial charge is 0.412 e. The lowest BCUT2D eigenvalue weighted by Crippen LogP contribution is -2.39. The molecule has 6 heteroatoms. The number of aliphatic imine (C=N–C) groups is 1. The van der Waals surface area contributed by atoms with Crippen molar-refractivity contribution in [2.75, 3.05) is 5.32 Å². The fraction of sp³-hybridized carbons (Fsp3) is 0.227. The minimum atomic E-state index is -1.07. The zero-order valence-electron chi connectivity index (χ0n) is 15.3. The summed E-state index contributed by atoms with van der Waals surface area (Å²) >= 11 is 0. The Kier molecular flexibility index (Phi) is 6.14. The van der Waals surface area contributed by atoms with Crippen molar-refractivity contribution in [3.63, 3.8) is 0 Å². The molecule has 0 spiro atoms. The van der Waals surface area contributed by atoms with Gasteiger partial charge in [-0.05, 0) is 54.7 Å². The number of anilines is 1. The third kappa shape index (κ3) is 5.02. The van der Waals surface area contributed by atoms with Crippen LogP contribution in [-0.4, -0.2) is 24.1 Å². The zero-order valence-corrected chi connectivity index (χ0v) is 15.3. The SMILES string of the molecule is O=C=Nc1ccc(Cc2ccc(NC(=O)OC3(C=O)CC=CCC3)cc2)cc1. The standard InChI is InChI=1S/C22H20N2O4/c25-15-22(12-2-1-3-13-22)28-21(27)24-20-10-6-18(7-11-20)14-17-4-8-19(9-5-17)23-16-26/h1-2,4-11,15H,3,12-14H2,(H,24,27). The van der Waals surface area contributed by atoms with Crippen LogP contribution in [0.15, 0.2) is 65.7 Å². The van der Waals surface area contributed by atoms with Crippen LogP contribution in [0.4, 0.5) is 16.2 Å². The van der Waals surface area contributed by atoms with Crippen molar-refractivity contribution in [3.8, 4) is 0 Å². The fourth-order valence-electron chi connectivity index (χ4n) is 3.06. The molecule has 28 heavy (non-hydrogen) atoms. The van der Waals surface area contributed by atoms with Crippen LogP contribution in [0.25, 0.3) is 0 Å². The number of hydrogen-bond donors (Lipinski definition) is 1. The van der Waals surface area contributed by atoms with Gasteiger partial charge in [-0.1, -0.05) is 36.4 Å². The van der Waals surface area contributed by atoms with E-state index >= 15 is 0 Å². The molecule has 1 atom stereocenters. The average molecular weight is 376 g/mol. The monoisotopic (exact) mass is 376 g/mol. The van der Waals surface area contributed by atoms with E-state index in [0.29, 0.717) is 43.3 Å². The van der Waals surface area contributed by atoms with E-state index in [1.54, 1.807) is 24.3 Å². The van der Waals surface area contributed by atoms with Crippen molar-refractivity contribution in [1.82, 2.24) is 0 Å². The number of ether oxygens (including phenoxy) is 1. The Bertz CT molecular complexity index is 913. The Morgan fingerprint density at radius 2 is 1.79 bits per heavy atom. The summed E-state index contributed by atoms with van der Waals surface area (Å²) in [7, 11) is 0. The summed E-state index contributed by atoms with van der Waals surface area (Å²) in [5.74, 6) is 0. The number of rotatable bonds is 6. The molecule has 1 amide bonds. The molecule has 0 aromatic heterocycles. The van der Waals surface area contributed by atoms with Gasteiger partial charge in [0.2, 0.25) is 6.08 Å². The first-order chi connectivity index (χ1) is 13.6. The highest BCUT2D eigenvalue weighted by Gasteiger charge is 2.34. The molecule has 0 bridgehead atoms. The van der Waals surface area contributed by atoms with Gasteiger partial charge in [-0.3, -0.25) is 10.1 Å². The maximum absolute atomic E-state index is 12.2. The molecule has 2 aromatic carbocycles. The molecule has 0 saturated carbocycles. The molecule has 0 aliphatic heterocycles. The second-order valence-electron chi connectivity index (χ2n) is 6.65. The third-order valence-electron chi connectivity index (χ3n) is 4.59. The Labute approximate surface area is 162 Å². The number of isocyanates is 1. The Morgan fingerprint density at radius 3 is 2.36 bits per heavy atom. The van der Waals surface area contributed by atoms with E-state index in [0.717, 1.165) is 11.1 Å². The molecular weight excluding hydrogens is 356 g/mol. The number of carbonyl (C=O) groups excluding carboxylic acids is 3. The van der Waals surface area contributed by atoms with Crippen LogP contribution in [0.2, 0.25) is 0 Å². The molecule has 1 unspecified atom stereocenters. The molecule has 0 saturated heterocycles. The highest BCUT2D eigenvalue weighted by atomic mass is 16.6. The quantitative estimate of drug-likeness (QED) is 0.349. The van der Waals surface area contributed by atoms with E-state index in [4.69, 9.17) is 4.74 Å². The van der Waals surface area contributed by atoms with Gasteiger partial charge in [-0.15, -0.1) is 0 Å². The largest absolute Gasteiger partial charge is 0.435 e. The topological polar surface area (TPSA) is 84.8 Å². The van der Waals surface area contributed by atoms with Gasteiger partial charge in [0.05, 0.1) is 5.69 Å². The van der Waals surface area contributed by atoms with Crippen molar-refractivity contribution in [3.05, 3.63) is 71.8 Å². The van der Waals surface area contributed by atoms with Crippen LogP contribution in [-0.2, 0) is 20.7 Å². The normalized spacial score (nSPS) is 18.0. The minimum Gasteiger partial charge on any atom is -0.435 e. The highest BCUT2D eigenvalue weighted by Crippen LogP contribution is 2.26. The van der Waals surface area contributed by atoms with Crippen LogP contribution in [0.1, 0.15) is 30.4 Å². The summed E-state index contributed by atoms with van der Waals surface area (Å²) < 4.78 is 5.38. The van der Waals surface area contributed by atoms with Crippen LogP contribution < -0.4 is 5.32 Å². The van der Waals surface area contributed by atoms with Crippen LogP contribution in [0.3, 0.4) is 0 Å². The lowest BCUT2D eigenvalue weighted by atomic mass is 9.91. The van der Waals surface area contributed by atoms with E-state index in [2.05, 4.69) is 10.3 Å². The van der Waals surface area contributed by atoms with E-state index in [-0.39, 0.29) is 0 Å². The number of allylic oxidation sites excluding steroid dienone is 1. The third-order valence-corrected chi connectivity index (χ3v) is 4.59. The summed E-state index contributed by atoms with van der Waals surface area (Å²) in [6.45, 7) is 0. The Morgan fingerprint density at radius 1 is 1.11 bits per heavy atom. The van der Waals surface area contributed by atoms with Gasteiger partial charge in [0, 0.05) is 12.1 Å². The van der Waals surface area contributed by atoms with Crippen molar-refractivity contribution in [1.29, 1.82) is 0 Å². The van der Waals surface area contributed by atoms with Gasteiger partial charge in [-0.2, -0.15) is 4.99 Å². The van der Waals surface area contributed by atoms with Gasteiger partial charge >= 0.3 is 6.09 Å². The molecule has 1 N–H and O–H groups in total. The number of benzene rings is 2. The molecular formula is C22H20N2O4. The molecule has 0 radical (unpaired) electrons. The van der Waals surface area contributed by atoms with E-state index in [9.17, 15) is 14.4 Å². The van der Waals surface area contributed by atoms with E-state index in [1.165, 1.54) is 6.08 Å². The summed E-state index contributed by atoms with van der Waals surface area (Å²) in [5.41, 5.74) is 2.23. The number of nitrogens with zero attached hydrogens (tertiary/aromatic N) is 1. The molecule has 6 nitrogen and oxygen atoms in total. The predicted molar refractivity (Wildman–Crippen MR) is 105 cm³/mol. The first-order valence-corrected chi connectivity index (χ1v) is 8.99. The van der Waals surface area contributed by atoms with Crippen molar-refractivity contribution < 1.29 is 19.1 Å². The lowest BCUT2D eigenvalue weighted by Gasteiger charge is -2.28. The van der Waals surface area contributed by atoms with Gasteiger partial charge < -0.3 is 4.74 Å². The number of hydrogen-bond acceptors (Lipinski definition) is 5. The summed E-state index contributed by atoms with van der Waals surface area (Å²) in [6, 6.07) is 14.7. The molecule has 1 aliphatic carbocycles. The number of amides is 1. The summed E-state index contributed by atoms with van der Waals surface area (Å²) in [6.07, 6.45) is 7.74. The molecule has 0 fully saturated rings. The molecule has 2 aromatic rings. The van der Waals surface area contributed by atoms with Crippen molar-refractivity contribution in [2.45, 2.75) is 31.3 Å². The Balaban J connectivity index is 1.57. The second kappa shape index (κ2) is 8.93. The van der Waals surface area contributed by atoms with E-state index < -0.39 is 11.7 Å². The van der Waals surface area contributed by atoms with E-state index in [1.807, 2.05) is 36.4 Å². The molecule has 3 rings (SSSR count). The number of carbonyl (C=O) groups is 2. The second-order valence-corrected chi connectivity index (χ2v) is 6.65. The Hall–Kier alpha value is -3.50. The maximum atomic E-state index is 12.2. The predicted octanol–water partition coefficient (Wildman–Crippen LogP) is 4.47. The van der Waals surface area contributed by atoms with Gasteiger partial charge in [0.25, 0.3) is 0 Å². The van der Waals surface area contributed by atoms with Gasteiger partial charge in [0.1, 0.15) is 0 Å². The summed E-state index contributed by atoms with van der Waals surface area (Å²) in [5, 5.41) is 2.67. The fourth-order valence-corrected chi connectivity index (χ4v) is 3.06. The first kappa shape index (κ1) is 19.3. The van der Waals surface area contributed by atoms with Crippen molar-refractivity contribution >= 4 is 29.8 Å². The lowest BCUT2D eigenvalue weighted by molar-refractivity contribution is -0.124. The number of nitrogens with one attached hydrogen (secondary N) is 1. The highest BCUT2D eigenvalue weighted by molar-refractivity contribution is 5.86. The molecule has 142 valence electrons. The maximum Gasteiger partial charge on any atom is 0.412 e. The van der Waals surface area contributed by atoms with Crippen molar-refractivity contribution in [2.24, 2.45) is 4.99 Å². The molecule has 1 aliphatic rings. The van der Waals surface area contributed by atoms with Crippen LogP contribution in [0.5, 0.6) is 0 Å². The molecule has 0 heterocycles. The summed E-state index contributed by atoms with van der Waals surface area (Å²) in [4.78, 5) is 37.4. The zero-order chi connectivity index (χ0) is 19.8. The van der Waals surface area contributed by atoms with Crippen LogP contribution >= 0.6 is 0 Å². The number of aldehydes is 1. The minimum absolute atomic E-state index is 0.403.